The van der Waals surface area contributed by atoms with Crippen molar-refractivity contribution in [2.45, 2.75) is 50.9 Å². The molecule has 2 aromatic rings. The van der Waals surface area contributed by atoms with Gasteiger partial charge in [-0.2, -0.15) is 13.2 Å². The van der Waals surface area contributed by atoms with E-state index in [1.807, 2.05) is 59.9 Å². The van der Waals surface area contributed by atoms with E-state index in [0.717, 1.165) is 29.5 Å². The largest absolute Gasteiger partial charge is 0.408 e. The van der Waals surface area contributed by atoms with Gasteiger partial charge in [0.1, 0.15) is 12.0 Å². The lowest BCUT2D eigenvalue weighted by atomic mass is 9.91. The van der Waals surface area contributed by atoms with Crippen molar-refractivity contribution < 1.29 is 22.8 Å². The second-order valence-corrected chi connectivity index (χ2v) is 7.58. The molecule has 0 spiro atoms. The van der Waals surface area contributed by atoms with E-state index in [2.05, 4.69) is 12.2 Å². The summed E-state index contributed by atoms with van der Waals surface area (Å²) >= 11 is 0. The third-order valence-electron chi connectivity index (χ3n) is 5.33. The van der Waals surface area contributed by atoms with Crippen LogP contribution in [0.5, 0.6) is 0 Å². The van der Waals surface area contributed by atoms with Crippen LogP contribution in [-0.4, -0.2) is 24.0 Å². The monoisotopic (exact) mass is 418 g/mol. The summed E-state index contributed by atoms with van der Waals surface area (Å²) in [6.07, 6.45) is -3.08. The van der Waals surface area contributed by atoms with Crippen LogP contribution in [0, 0.1) is 5.92 Å². The van der Waals surface area contributed by atoms with E-state index in [4.69, 9.17) is 0 Å². The molecule has 30 heavy (non-hydrogen) atoms. The Labute approximate surface area is 173 Å². The highest BCUT2D eigenvalue weighted by Crippen LogP contribution is 2.30. The number of hydrogen-bond acceptors (Lipinski definition) is 2. The molecule has 1 fully saturated rings. The summed E-state index contributed by atoms with van der Waals surface area (Å²) in [5.41, 5.74) is 2.84. The molecule has 1 saturated heterocycles. The average molecular weight is 418 g/mol. The van der Waals surface area contributed by atoms with E-state index in [1.165, 1.54) is 0 Å². The molecule has 0 radical (unpaired) electrons. The number of rotatable bonds is 6. The first-order chi connectivity index (χ1) is 14.3. The Kier molecular flexibility index (Phi) is 6.80. The van der Waals surface area contributed by atoms with Crippen molar-refractivity contribution in [2.75, 3.05) is 0 Å². The zero-order valence-corrected chi connectivity index (χ0v) is 16.7. The number of hydrogen-bond donors (Lipinski definition) is 2. The summed E-state index contributed by atoms with van der Waals surface area (Å²) in [7, 11) is 0. The second kappa shape index (κ2) is 9.32. The molecule has 1 aliphatic rings. The highest BCUT2D eigenvalue weighted by molar-refractivity contribution is 6.01. The number of benzene rings is 2. The van der Waals surface area contributed by atoms with E-state index >= 15 is 0 Å². The standard InChI is InChI=1S/C23H25F3N2O2/c1-2-7-15-8-6-11-17(14-15)20(16-9-4-3-5-10-16)28-22(30)18-12-13-19(23(24,25)26)27-21(18)29/h3-6,8-11,14,18-20H,2,7,12-13H2,1H3,(H,27,29)(H,28,30). The average Bonchev–Trinajstić information content (AvgIpc) is 2.72. The van der Waals surface area contributed by atoms with Gasteiger partial charge in [0.15, 0.2) is 0 Å². The lowest BCUT2D eigenvalue weighted by Gasteiger charge is -2.31. The predicted molar refractivity (Wildman–Crippen MR) is 108 cm³/mol. The fourth-order valence-electron chi connectivity index (χ4n) is 3.77. The summed E-state index contributed by atoms with van der Waals surface area (Å²) in [6.45, 7) is 2.08. The predicted octanol–water partition coefficient (Wildman–Crippen LogP) is 4.30. The maximum absolute atomic E-state index is 12.9. The van der Waals surface area contributed by atoms with Crippen molar-refractivity contribution in [3.05, 3.63) is 71.3 Å². The Bertz CT molecular complexity index is 884. The molecule has 4 nitrogen and oxygen atoms in total. The number of halogens is 3. The maximum atomic E-state index is 12.9. The summed E-state index contributed by atoms with van der Waals surface area (Å²) < 4.78 is 38.6. The van der Waals surface area contributed by atoms with Crippen molar-refractivity contribution in [3.63, 3.8) is 0 Å². The van der Waals surface area contributed by atoms with Gasteiger partial charge in [0.2, 0.25) is 11.8 Å². The molecular formula is C23H25F3N2O2. The number of carbonyl (C=O) groups is 2. The molecule has 2 amide bonds. The van der Waals surface area contributed by atoms with Crippen LogP contribution in [0.15, 0.2) is 54.6 Å². The molecule has 0 bridgehead atoms. The van der Waals surface area contributed by atoms with Gasteiger partial charge < -0.3 is 10.6 Å². The summed E-state index contributed by atoms with van der Waals surface area (Å²) in [5, 5.41) is 4.83. The Balaban J connectivity index is 1.81. The van der Waals surface area contributed by atoms with Crippen LogP contribution in [0.2, 0.25) is 0 Å². The second-order valence-electron chi connectivity index (χ2n) is 7.58. The first-order valence-corrected chi connectivity index (χ1v) is 10.1. The number of carbonyl (C=O) groups excluding carboxylic acids is 2. The lowest BCUT2D eigenvalue weighted by molar-refractivity contribution is -0.171. The Morgan fingerprint density at radius 2 is 1.80 bits per heavy atom. The van der Waals surface area contributed by atoms with Gasteiger partial charge in [-0.05, 0) is 36.0 Å². The van der Waals surface area contributed by atoms with Crippen LogP contribution in [0.1, 0.15) is 48.9 Å². The van der Waals surface area contributed by atoms with Crippen LogP contribution in [-0.2, 0) is 16.0 Å². The topological polar surface area (TPSA) is 58.2 Å². The number of aryl methyl sites for hydroxylation is 1. The molecule has 3 atom stereocenters. The smallest absolute Gasteiger partial charge is 0.344 e. The minimum Gasteiger partial charge on any atom is -0.344 e. The van der Waals surface area contributed by atoms with Crippen LogP contribution < -0.4 is 10.6 Å². The molecule has 1 heterocycles. The van der Waals surface area contributed by atoms with Crippen LogP contribution in [0.3, 0.4) is 0 Å². The fraction of sp³-hybridized carbons (Fsp3) is 0.391. The van der Waals surface area contributed by atoms with E-state index in [1.54, 1.807) is 0 Å². The fourth-order valence-corrected chi connectivity index (χ4v) is 3.77. The molecule has 160 valence electrons. The molecular weight excluding hydrogens is 393 g/mol. The first-order valence-electron chi connectivity index (χ1n) is 10.1. The minimum absolute atomic E-state index is 0.140. The maximum Gasteiger partial charge on any atom is 0.408 e. The van der Waals surface area contributed by atoms with Crippen LogP contribution >= 0.6 is 0 Å². The molecule has 1 aliphatic heterocycles. The van der Waals surface area contributed by atoms with E-state index in [0.29, 0.717) is 0 Å². The SMILES string of the molecule is CCCc1cccc(C(NC(=O)C2CCC(C(F)(F)F)NC2=O)c2ccccc2)c1. The molecule has 0 aliphatic carbocycles. The Hall–Kier alpha value is -2.83. The molecule has 3 rings (SSSR count). The van der Waals surface area contributed by atoms with Crippen LogP contribution in [0.25, 0.3) is 0 Å². The number of nitrogens with one attached hydrogen (secondary N) is 2. The molecule has 3 unspecified atom stereocenters. The third-order valence-corrected chi connectivity index (χ3v) is 5.33. The van der Waals surface area contributed by atoms with Gasteiger partial charge in [-0.3, -0.25) is 9.59 Å². The number of alkyl halides is 3. The van der Waals surface area contributed by atoms with Gasteiger partial charge in [-0.25, -0.2) is 0 Å². The molecule has 2 aromatic carbocycles. The van der Waals surface area contributed by atoms with E-state index in [9.17, 15) is 22.8 Å². The Morgan fingerprint density at radius 3 is 2.43 bits per heavy atom. The normalized spacial score (nSPS) is 20.3. The van der Waals surface area contributed by atoms with Crippen molar-refractivity contribution in [1.82, 2.24) is 10.6 Å². The molecule has 7 heteroatoms. The summed E-state index contributed by atoms with van der Waals surface area (Å²) in [5.74, 6) is -2.59. The first kappa shape index (κ1) is 21.9. The highest BCUT2D eigenvalue weighted by Gasteiger charge is 2.46. The third kappa shape index (κ3) is 5.20. The van der Waals surface area contributed by atoms with Gasteiger partial charge in [0.25, 0.3) is 0 Å². The van der Waals surface area contributed by atoms with Crippen molar-refractivity contribution in [1.29, 1.82) is 0 Å². The zero-order valence-electron chi connectivity index (χ0n) is 16.7. The lowest BCUT2D eigenvalue weighted by Crippen LogP contribution is -2.54. The van der Waals surface area contributed by atoms with E-state index < -0.39 is 36.0 Å². The quantitative estimate of drug-likeness (QED) is 0.687. The van der Waals surface area contributed by atoms with Gasteiger partial charge >= 0.3 is 6.18 Å². The highest BCUT2D eigenvalue weighted by atomic mass is 19.4. The van der Waals surface area contributed by atoms with E-state index in [-0.39, 0.29) is 12.8 Å². The summed E-state index contributed by atoms with van der Waals surface area (Å²) in [6, 6.07) is 14.8. The van der Waals surface area contributed by atoms with Gasteiger partial charge in [-0.1, -0.05) is 67.9 Å². The number of piperidine rings is 1. The van der Waals surface area contributed by atoms with Gasteiger partial charge in [-0.15, -0.1) is 0 Å². The van der Waals surface area contributed by atoms with Gasteiger partial charge in [0, 0.05) is 0 Å². The number of amides is 2. The minimum atomic E-state index is -4.51. The molecule has 0 saturated carbocycles. The molecule has 2 N–H and O–H groups in total. The van der Waals surface area contributed by atoms with Crippen molar-refractivity contribution in [2.24, 2.45) is 5.92 Å². The van der Waals surface area contributed by atoms with Crippen LogP contribution in [0.4, 0.5) is 13.2 Å². The Morgan fingerprint density at radius 1 is 1.10 bits per heavy atom. The molecule has 0 aromatic heterocycles. The van der Waals surface area contributed by atoms with Crippen molar-refractivity contribution >= 4 is 11.8 Å². The zero-order chi connectivity index (χ0) is 21.7. The summed E-state index contributed by atoms with van der Waals surface area (Å²) in [4.78, 5) is 25.1. The van der Waals surface area contributed by atoms with Gasteiger partial charge in [0.05, 0.1) is 6.04 Å². The van der Waals surface area contributed by atoms with Crippen molar-refractivity contribution in [3.8, 4) is 0 Å².